The number of aromatic nitrogens is 1. The summed E-state index contributed by atoms with van der Waals surface area (Å²) in [5, 5.41) is 2.39. The average molecular weight is 442 g/mol. The summed E-state index contributed by atoms with van der Waals surface area (Å²) in [5.74, 6) is -1.05. The van der Waals surface area contributed by atoms with E-state index in [1.807, 2.05) is 0 Å². The van der Waals surface area contributed by atoms with E-state index in [0.29, 0.717) is 17.7 Å². The van der Waals surface area contributed by atoms with Gasteiger partial charge in [0.25, 0.3) is 15.7 Å². The summed E-state index contributed by atoms with van der Waals surface area (Å²) in [7, 11) is -5.53. The van der Waals surface area contributed by atoms with Crippen LogP contribution in [0.4, 0.5) is 26.3 Å². The first-order valence-corrected chi connectivity index (χ1v) is 9.12. The number of hydrogen-bond donors (Lipinski definition) is 1. The molecule has 0 saturated heterocycles. The average Bonchev–Trinajstić information content (AvgIpc) is 2.63. The van der Waals surface area contributed by atoms with Crippen LogP contribution < -0.4 is 10.1 Å². The Labute approximate surface area is 160 Å². The zero-order valence-electron chi connectivity index (χ0n) is 14.2. The third-order valence-corrected chi connectivity index (χ3v) is 4.87. The summed E-state index contributed by atoms with van der Waals surface area (Å²) in [4.78, 5) is 14.6. The van der Waals surface area contributed by atoms with Gasteiger partial charge in [-0.05, 0) is 35.9 Å². The smallest absolute Gasteiger partial charge is 0.468 e. The van der Waals surface area contributed by atoms with Crippen molar-refractivity contribution in [1.82, 2.24) is 10.3 Å². The van der Waals surface area contributed by atoms with Crippen LogP contribution in [-0.2, 0) is 16.4 Å². The van der Waals surface area contributed by atoms with Crippen LogP contribution in [0.5, 0.6) is 5.88 Å². The van der Waals surface area contributed by atoms with Gasteiger partial charge in [-0.3, -0.25) is 4.79 Å². The number of benzene rings is 1. The highest BCUT2D eigenvalue weighted by molar-refractivity contribution is 7.92. The van der Waals surface area contributed by atoms with Gasteiger partial charge in [0.2, 0.25) is 5.88 Å². The minimum Gasteiger partial charge on any atom is -0.468 e. The van der Waals surface area contributed by atoms with Gasteiger partial charge in [-0.15, -0.1) is 0 Å². The van der Waals surface area contributed by atoms with Crippen molar-refractivity contribution in [2.24, 2.45) is 0 Å². The molecule has 0 aliphatic heterocycles. The van der Waals surface area contributed by atoms with Gasteiger partial charge in [0.05, 0.1) is 4.90 Å². The number of nitrogens with one attached hydrogen (secondary N) is 1. The molecule has 1 heterocycles. The van der Waals surface area contributed by atoms with Crippen molar-refractivity contribution in [2.45, 2.75) is 23.1 Å². The summed E-state index contributed by atoms with van der Waals surface area (Å²) in [6, 6.07) is 5.67. The van der Waals surface area contributed by atoms with Crippen molar-refractivity contribution < 1.29 is 44.3 Å². The summed E-state index contributed by atoms with van der Waals surface area (Å²) >= 11 is 0. The molecule has 1 amide bonds. The van der Waals surface area contributed by atoms with E-state index in [1.54, 1.807) is 0 Å². The molecule has 1 aromatic carbocycles. The fourth-order valence-electron chi connectivity index (χ4n) is 2.00. The number of nitrogens with zero attached hydrogens (tertiary/aromatic N) is 1. The predicted octanol–water partition coefficient (Wildman–Crippen LogP) is 3.25. The molecular formula is C16H12F6N2O4S. The van der Waals surface area contributed by atoms with E-state index in [2.05, 4.69) is 15.0 Å². The molecule has 158 valence electrons. The molecule has 0 spiro atoms. The Morgan fingerprint density at radius 2 is 1.66 bits per heavy atom. The van der Waals surface area contributed by atoms with Gasteiger partial charge >= 0.3 is 11.7 Å². The second-order valence-corrected chi connectivity index (χ2v) is 7.50. The fraction of sp³-hybridized carbons (Fsp3) is 0.250. The van der Waals surface area contributed by atoms with Crippen LogP contribution in [-0.4, -0.2) is 37.6 Å². The van der Waals surface area contributed by atoms with Crippen LogP contribution in [0.1, 0.15) is 15.9 Å². The van der Waals surface area contributed by atoms with E-state index in [9.17, 15) is 39.6 Å². The maximum Gasteiger partial charge on any atom is 0.501 e. The van der Waals surface area contributed by atoms with E-state index in [4.69, 9.17) is 0 Å². The lowest BCUT2D eigenvalue weighted by atomic mass is 10.2. The molecule has 6 nitrogen and oxygen atoms in total. The Bertz CT molecular complexity index is 972. The van der Waals surface area contributed by atoms with Crippen molar-refractivity contribution in [1.29, 1.82) is 0 Å². The van der Waals surface area contributed by atoms with Crippen LogP contribution in [0, 0.1) is 0 Å². The summed E-state index contributed by atoms with van der Waals surface area (Å²) in [5.41, 5.74) is -5.24. The monoisotopic (exact) mass is 442 g/mol. The van der Waals surface area contributed by atoms with Crippen LogP contribution in [0.15, 0.2) is 47.5 Å². The lowest BCUT2D eigenvalue weighted by Crippen LogP contribution is -2.24. The second-order valence-electron chi connectivity index (χ2n) is 5.56. The minimum atomic E-state index is -5.53. The molecule has 0 aliphatic rings. The van der Waals surface area contributed by atoms with Crippen LogP contribution in [0.2, 0.25) is 0 Å². The van der Waals surface area contributed by atoms with Crippen molar-refractivity contribution in [2.75, 3.05) is 6.61 Å². The number of pyridine rings is 1. The van der Waals surface area contributed by atoms with Gasteiger partial charge in [0.15, 0.2) is 6.61 Å². The zero-order chi connectivity index (χ0) is 21.9. The number of amides is 1. The molecule has 1 N–H and O–H groups in total. The molecule has 0 radical (unpaired) electrons. The Kier molecular flexibility index (Phi) is 6.40. The molecular weight excluding hydrogens is 430 g/mol. The summed E-state index contributed by atoms with van der Waals surface area (Å²) in [6.45, 7) is -1.69. The topological polar surface area (TPSA) is 85.4 Å². The van der Waals surface area contributed by atoms with Crippen LogP contribution in [0.25, 0.3) is 0 Å². The van der Waals surface area contributed by atoms with E-state index >= 15 is 0 Å². The van der Waals surface area contributed by atoms with Gasteiger partial charge in [0.1, 0.15) is 0 Å². The van der Waals surface area contributed by atoms with E-state index < -0.39 is 38.9 Å². The van der Waals surface area contributed by atoms with E-state index in [-0.39, 0.29) is 18.0 Å². The van der Waals surface area contributed by atoms with E-state index in [0.717, 1.165) is 12.1 Å². The first-order chi connectivity index (χ1) is 13.3. The Balaban J connectivity index is 2.01. The molecule has 0 unspecified atom stereocenters. The van der Waals surface area contributed by atoms with Gasteiger partial charge < -0.3 is 10.1 Å². The molecule has 2 rings (SSSR count). The molecule has 0 bridgehead atoms. The Morgan fingerprint density at radius 3 is 2.21 bits per heavy atom. The maximum atomic E-state index is 12.5. The molecule has 2 aromatic rings. The standard InChI is InChI=1S/C16H12F6N2O4S/c17-15(18,19)9-28-13-7-10(5-6-23-13)8-24-14(25)11-1-3-12(4-2-11)29(26,27)16(20,21)22/h1-7H,8-9H2,(H,24,25). The van der Waals surface area contributed by atoms with Crippen molar-refractivity contribution in [3.05, 3.63) is 53.7 Å². The van der Waals surface area contributed by atoms with Gasteiger partial charge in [-0.1, -0.05) is 0 Å². The molecule has 13 heteroatoms. The molecule has 0 fully saturated rings. The fourth-order valence-corrected chi connectivity index (χ4v) is 2.76. The quantitative estimate of drug-likeness (QED) is 0.695. The molecule has 0 saturated carbocycles. The largest absolute Gasteiger partial charge is 0.501 e. The van der Waals surface area contributed by atoms with Gasteiger partial charge in [-0.2, -0.15) is 26.3 Å². The number of halogens is 6. The lowest BCUT2D eigenvalue weighted by molar-refractivity contribution is -0.154. The van der Waals surface area contributed by atoms with Gasteiger partial charge in [0, 0.05) is 24.4 Å². The van der Waals surface area contributed by atoms with E-state index in [1.165, 1.54) is 18.3 Å². The number of carbonyl (C=O) groups excluding carboxylic acids is 1. The van der Waals surface area contributed by atoms with Crippen molar-refractivity contribution in [3.8, 4) is 5.88 Å². The Morgan fingerprint density at radius 1 is 1.03 bits per heavy atom. The molecule has 0 atom stereocenters. The minimum absolute atomic E-state index is 0.117. The number of ether oxygens (including phenoxy) is 1. The van der Waals surface area contributed by atoms with Crippen molar-refractivity contribution in [3.63, 3.8) is 0 Å². The third-order valence-electron chi connectivity index (χ3n) is 3.37. The van der Waals surface area contributed by atoms with Crippen LogP contribution in [0.3, 0.4) is 0 Å². The number of carbonyl (C=O) groups is 1. The maximum absolute atomic E-state index is 12.5. The number of alkyl halides is 6. The number of sulfone groups is 1. The predicted molar refractivity (Wildman–Crippen MR) is 86.6 cm³/mol. The summed E-state index contributed by atoms with van der Waals surface area (Å²) < 4.78 is 101. The lowest BCUT2D eigenvalue weighted by Gasteiger charge is -2.10. The highest BCUT2D eigenvalue weighted by Crippen LogP contribution is 2.30. The highest BCUT2D eigenvalue weighted by Gasteiger charge is 2.46. The second kappa shape index (κ2) is 8.27. The summed E-state index contributed by atoms with van der Waals surface area (Å²) in [6.07, 6.45) is -3.37. The first-order valence-electron chi connectivity index (χ1n) is 7.64. The highest BCUT2D eigenvalue weighted by atomic mass is 32.2. The Hall–Kier alpha value is -2.83. The first kappa shape index (κ1) is 22.5. The van der Waals surface area contributed by atoms with Gasteiger partial charge in [-0.25, -0.2) is 13.4 Å². The van der Waals surface area contributed by atoms with Crippen molar-refractivity contribution >= 4 is 15.7 Å². The molecule has 0 aliphatic carbocycles. The third kappa shape index (κ3) is 6.07. The number of hydrogen-bond acceptors (Lipinski definition) is 5. The zero-order valence-corrected chi connectivity index (χ0v) is 15.0. The van der Waals surface area contributed by atoms with Crippen LogP contribution >= 0.6 is 0 Å². The molecule has 29 heavy (non-hydrogen) atoms. The number of rotatable bonds is 6. The SMILES string of the molecule is O=C(NCc1ccnc(OCC(F)(F)F)c1)c1ccc(S(=O)(=O)C(F)(F)F)cc1. The normalized spacial score (nSPS) is 12.5. The molecule has 1 aromatic heterocycles.